The number of carbonyl (C=O) groups is 2. The molecule has 0 spiro atoms. The predicted molar refractivity (Wildman–Crippen MR) is 101 cm³/mol. The number of nitrogens with zero attached hydrogens (tertiary/aromatic N) is 1. The van der Waals surface area contributed by atoms with Gasteiger partial charge in [-0.3, -0.25) is 14.5 Å². The molecule has 0 aromatic heterocycles. The van der Waals surface area contributed by atoms with Crippen molar-refractivity contribution < 1.29 is 18.7 Å². The number of hydrogen-bond acceptors (Lipinski definition) is 5. The number of halogens is 3. The van der Waals surface area contributed by atoms with Crippen LogP contribution in [0.2, 0.25) is 0 Å². The summed E-state index contributed by atoms with van der Waals surface area (Å²) in [6.07, 6.45) is 0. The van der Waals surface area contributed by atoms with Gasteiger partial charge in [0, 0.05) is 19.6 Å². The molecule has 10 heteroatoms. The Kier molecular flexibility index (Phi) is 12.1. The highest BCUT2D eigenvalue weighted by molar-refractivity contribution is 5.86. The summed E-state index contributed by atoms with van der Waals surface area (Å²) in [5.41, 5.74) is 6.09. The third-order valence-corrected chi connectivity index (χ3v) is 3.87. The van der Waals surface area contributed by atoms with Crippen molar-refractivity contribution in [3.8, 4) is 0 Å². The van der Waals surface area contributed by atoms with Crippen molar-refractivity contribution in [1.29, 1.82) is 0 Å². The van der Waals surface area contributed by atoms with E-state index >= 15 is 0 Å². The van der Waals surface area contributed by atoms with Crippen LogP contribution in [0.5, 0.6) is 0 Å². The Balaban J connectivity index is 0.00000312. The minimum atomic E-state index is -0.381. The second-order valence-corrected chi connectivity index (χ2v) is 5.50. The van der Waals surface area contributed by atoms with Gasteiger partial charge in [0.15, 0.2) is 0 Å². The van der Waals surface area contributed by atoms with Gasteiger partial charge in [0.1, 0.15) is 5.82 Å². The Bertz CT molecular complexity index is 557. The predicted octanol–water partition coefficient (Wildman–Crippen LogP) is 0.234. The maximum absolute atomic E-state index is 13.2. The largest absolute Gasteiger partial charge is 0.379 e. The van der Waals surface area contributed by atoms with E-state index in [0.29, 0.717) is 19.8 Å². The Morgan fingerprint density at radius 1 is 1.12 bits per heavy atom. The highest BCUT2D eigenvalue weighted by Crippen LogP contribution is 2.21. The van der Waals surface area contributed by atoms with Crippen LogP contribution in [-0.2, 0) is 14.3 Å². The number of benzene rings is 1. The van der Waals surface area contributed by atoms with E-state index in [-0.39, 0.29) is 61.6 Å². The normalized spacial score (nSPS) is 15.2. The Morgan fingerprint density at radius 2 is 1.73 bits per heavy atom. The highest BCUT2D eigenvalue weighted by Gasteiger charge is 2.23. The number of rotatable bonds is 7. The number of ether oxygens (including phenoxy) is 1. The number of nitrogens with one attached hydrogen (secondary N) is 2. The summed E-state index contributed by atoms with van der Waals surface area (Å²) in [6, 6.07) is 6.18. The van der Waals surface area contributed by atoms with Crippen molar-refractivity contribution in [3.05, 3.63) is 35.6 Å². The van der Waals surface area contributed by atoms with Gasteiger partial charge in [-0.2, -0.15) is 0 Å². The lowest BCUT2D eigenvalue weighted by molar-refractivity contribution is -0.125. The van der Waals surface area contributed by atoms with Gasteiger partial charge in [0.25, 0.3) is 0 Å². The van der Waals surface area contributed by atoms with Gasteiger partial charge in [0.2, 0.25) is 11.8 Å². The molecule has 0 radical (unpaired) electrons. The maximum atomic E-state index is 13.2. The first-order valence-corrected chi connectivity index (χ1v) is 7.91. The molecule has 1 heterocycles. The average Bonchev–Trinajstić information content (AvgIpc) is 2.62. The van der Waals surface area contributed by atoms with Gasteiger partial charge in [-0.15, -0.1) is 24.8 Å². The lowest BCUT2D eigenvalue weighted by Crippen LogP contribution is -2.46. The first-order valence-electron chi connectivity index (χ1n) is 7.91. The second kappa shape index (κ2) is 12.8. The molecule has 0 bridgehead atoms. The maximum Gasteiger partial charge on any atom is 0.239 e. The molecule has 1 atom stereocenters. The average molecular weight is 411 g/mol. The fourth-order valence-electron chi connectivity index (χ4n) is 2.56. The molecule has 2 rings (SSSR count). The van der Waals surface area contributed by atoms with Crippen LogP contribution < -0.4 is 16.4 Å². The minimum Gasteiger partial charge on any atom is -0.379 e. The van der Waals surface area contributed by atoms with Gasteiger partial charge < -0.3 is 21.1 Å². The molecule has 1 unspecified atom stereocenters. The number of amides is 2. The van der Waals surface area contributed by atoms with Crippen LogP contribution in [0, 0.1) is 5.82 Å². The fourth-order valence-corrected chi connectivity index (χ4v) is 2.56. The number of nitrogens with two attached hydrogens (primary N) is 1. The van der Waals surface area contributed by atoms with E-state index < -0.39 is 0 Å². The molecule has 1 aliphatic rings. The molecule has 2 amide bonds. The minimum absolute atomic E-state index is 0. The molecule has 1 aromatic carbocycles. The molecule has 4 N–H and O–H groups in total. The highest BCUT2D eigenvalue weighted by atomic mass is 35.5. The van der Waals surface area contributed by atoms with E-state index in [1.54, 1.807) is 12.1 Å². The lowest BCUT2D eigenvalue weighted by atomic mass is 10.0. The van der Waals surface area contributed by atoms with E-state index in [9.17, 15) is 14.0 Å². The van der Waals surface area contributed by atoms with Gasteiger partial charge >= 0.3 is 0 Å². The van der Waals surface area contributed by atoms with Crippen LogP contribution in [0.15, 0.2) is 24.3 Å². The molecule has 1 saturated heterocycles. The summed E-state index contributed by atoms with van der Waals surface area (Å²) < 4.78 is 18.5. The molecule has 0 saturated carbocycles. The summed E-state index contributed by atoms with van der Waals surface area (Å²) in [4.78, 5) is 25.1. The van der Waals surface area contributed by atoms with Gasteiger partial charge in [-0.1, -0.05) is 12.1 Å². The molecule has 1 aromatic rings. The number of carbonyl (C=O) groups excluding carboxylic acids is 2. The van der Waals surface area contributed by atoms with Crippen molar-refractivity contribution in [2.45, 2.75) is 6.04 Å². The molecule has 1 fully saturated rings. The SMILES string of the molecule is Cl.Cl.NCC(=O)NCC(=O)NCC(c1ccc(F)cc1)N1CCOCC1. The standard InChI is InChI=1S/C16H23FN4O3.2ClH/c17-13-3-1-12(2-4-13)14(21-5-7-24-8-6-21)10-19-16(23)11-20-15(22)9-18;;/h1-4,14H,5-11,18H2,(H,19,23)(H,20,22);2*1H. The van der Waals surface area contributed by atoms with E-state index in [2.05, 4.69) is 15.5 Å². The van der Waals surface area contributed by atoms with Crippen molar-refractivity contribution in [3.63, 3.8) is 0 Å². The van der Waals surface area contributed by atoms with E-state index in [4.69, 9.17) is 10.5 Å². The Hall–Kier alpha value is -1.45. The van der Waals surface area contributed by atoms with E-state index in [0.717, 1.165) is 18.7 Å². The van der Waals surface area contributed by atoms with Crippen molar-refractivity contribution in [2.24, 2.45) is 5.73 Å². The summed E-state index contributed by atoms with van der Waals surface area (Å²) in [7, 11) is 0. The van der Waals surface area contributed by atoms with Crippen LogP contribution in [0.25, 0.3) is 0 Å². The van der Waals surface area contributed by atoms with E-state index in [1.807, 2.05) is 0 Å². The smallest absolute Gasteiger partial charge is 0.239 e. The van der Waals surface area contributed by atoms with Crippen LogP contribution >= 0.6 is 24.8 Å². The number of hydrogen-bond donors (Lipinski definition) is 3. The zero-order valence-corrected chi connectivity index (χ0v) is 15.9. The number of morpholine rings is 1. The molecule has 0 aliphatic carbocycles. The van der Waals surface area contributed by atoms with Gasteiger partial charge in [-0.25, -0.2) is 4.39 Å². The first-order chi connectivity index (χ1) is 11.6. The summed E-state index contributed by atoms with van der Waals surface area (Å²) in [5.74, 6) is -0.974. The summed E-state index contributed by atoms with van der Waals surface area (Å²) in [5, 5.41) is 5.23. The molecule has 148 valence electrons. The molecule has 26 heavy (non-hydrogen) atoms. The molecule has 7 nitrogen and oxygen atoms in total. The fraction of sp³-hybridized carbons (Fsp3) is 0.500. The van der Waals surface area contributed by atoms with Crippen molar-refractivity contribution in [2.75, 3.05) is 45.9 Å². The third-order valence-electron chi connectivity index (χ3n) is 3.87. The van der Waals surface area contributed by atoms with Crippen LogP contribution in [0.4, 0.5) is 4.39 Å². The molecular formula is C16H25Cl2FN4O3. The quantitative estimate of drug-likeness (QED) is 0.597. The zero-order chi connectivity index (χ0) is 17.4. The first kappa shape index (κ1) is 24.6. The van der Waals surface area contributed by atoms with Crippen LogP contribution in [-0.4, -0.2) is 62.7 Å². The topological polar surface area (TPSA) is 96.7 Å². The molecular weight excluding hydrogens is 386 g/mol. The Labute approximate surface area is 164 Å². The third kappa shape index (κ3) is 7.84. The second-order valence-electron chi connectivity index (χ2n) is 5.50. The van der Waals surface area contributed by atoms with Crippen LogP contribution in [0.1, 0.15) is 11.6 Å². The lowest BCUT2D eigenvalue weighted by Gasteiger charge is -2.35. The van der Waals surface area contributed by atoms with Gasteiger partial charge in [-0.05, 0) is 17.7 Å². The molecule has 1 aliphatic heterocycles. The monoisotopic (exact) mass is 410 g/mol. The van der Waals surface area contributed by atoms with Crippen molar-refractivity contribution in [1.82, 2.24) is 15.5 Å². The van der Waals surface area contributed by atoms with E-state index in [1.165, 1.54) is 12.1 Å². The van der Waals surface area contributed by atoms with Crippen molar-refractivity contribution >= 4 is 36.6 Å². The summed E-state index contributed by atoms with van der Waals surface area (Å²) in [6.45, 7) is 2.82. The summed E-state index contributed by atoms with van der Waals surface area (Å²) >= 11 is 0. The Morgan fingerprint density at radius 3 is 2.31 bits per heavy atom. The van der Waals surface area contributed by atoms with Crippen LogP contribution in [0.3, 0.4) is 0 Å². The van der Waals surface area contributed by atoms with Gasteiger partial charge in [0.05, 0.1) is 32.3 Å². The zero-order valence-electron chi connectivity index (χ0n) is 14.3.